The predicted molar refractivity (Wildman–Crippen MR) is 66.9 cm³/mol. The molecule has 0 atom stereocenters. The van der Waals surface area contributed by atoms with Gasteiger partial charge in [0.2, 0.25) is 0 Å². The topological polar surface area (TPSA) is 43.2 Å². The number of ether oxygens (including phenoxy) is 2. The van der Waals surface area contributed by atoms with Crippen LogP contribution < -0.4 is 9.47 Å². The monoisotopic (exact) mass is 220 g/mol. The fourth-order valence-corrected chi connectivity index (χ4v) is 1.41. The van der Waals surface area contributed by atoms with Gasteiger partial charge in [-0.05, 0) is 19.7 Å². The maximum absolute atomic E-state index is 5.23. The summed E-state index contributed by atoms with van der Waals surface area (Å²) in [5.41, 5.74) is 2.51. The summed E-state index contributed by atoms with van der Waals surface area (Å²) in [5.74, 6) is 1.30. The van der Waals surface area contributed by atoms with Crippen molar-refractivity contribution in [1.82, 2.24) is 0 Å². The lowest BCUT2D eigenvalue weighted by atomic mass is 10.1. The lowest BCUT2D eigenvalue weighted by molar-refractivity contribution is 0.355. The summed E-state index contributed by atoms with van der Waals surface area (Å²) in [7, 11) is 4.92. The zero-order valence-electron chi connectivity index (χ0n) is 10.1. The first-order chi connectivity index (χ1) is 7.67. The third kappa shape index (κ3) is 2.21. The lowest BCUT2D eigenvalue weighted by Crippen LogP contribution is -1.98. The maximum Gasteiger partial charge on any atom is 0.162 e. The minimum Gasteiger partial charge on any atom is -0.493 e. The third-order valence-corrected chi connectivity index (χ3v) is 2.40. The predicted octanol–water partition coefficient (Wildman–Crippen LogP) is 2.47. The van der Waals surface area contributed by atoms with Crippen LogP contribution in [0, 0.1) is 0 Å². The Hall–Kier alpha value is -1.84. The minimum absolute atomic E-state index is 0.637. The molecule has 0 aliphatic rings. The van der Waals surface area contributed by atoms with Crippen molar-refractivity contribution in [1.29, 1.82) is 0 Å². The summed E-state index contributed by atoms with van der Waals surface area (Å²) in [6, 6.07) is 3.64. The summed E-state index contributed by atoms with van der Waals surface area (Å²) in [6.07, 6.45) is 0. The fourth-order valence-electron chi connectivity index (χ4n) is 1.41. The van der Waals surface area contributed by atoms with Crippen LogP contribution in [0.4, 0.5) is 5.69 Å². The molecule has 0 saturated carbocycles. The van der Waals surface area contributed by atoms with Crippen LogP contribution in [0.2, 0.25) is 0 Å². The van der Waals surface area contributed by atoms with Crippen LogP contribution >= 0.6 is 0 Å². The van der Waals surface area contributed by atoms with Gasteiger partial charge in [-0.3, -0.25) is 9.98 Å². The molecular weight excluding hydrogens is 204 g/mol. The molecule has 0 N–H and O–H groups in total. The highest BCUT2D eigenvalue weighted by atomic mass is 16.5. The van der Waals surface area contributed by atoms with Gasteiger partial charge in [0.15, 0.2) is 11.5 Å². The average Bonchev–Trinajstić information content (AvgIpc) is 2.35. The largest absolute Gasteiger partial charge is 0.493 e. The van der Waals surface area contributed by atoms with Crippen LogP contribution in [0.25, 0.3) is 0 Å². The Morgan fingerprint density at radius 3 is 2.19 bits per heavy atom. The third-order valence-electron chi connectivity index (χ3n) is 2.40. The summed E-state index contributed by atoms with van der Waals surface area (Å²) < 4.78 is 10.4. The number of hydrogen-bond acceptors (Lipinski definition) is 4. The smallest absolute Gasteiger partial charge is 0.162 e. The molecule has 4 nitrogen and oxygen atoms in total. The van der Waals surface area contributed by atoms with Gasteiger partial charge in [0, 0.05) is 24.4 Å². The van der Waals surface area contributed by atoms with E-state index >= 15 is 0 Å². The van der Waals surface area contributed by atoms with Crippen LogP contribution in [-0.2, 0) is 0 Å². The molecule has 0 aromatic heterocycles. The Morgan fingerprint density at radius 2 is 1.75 bits per heavy atom. The van der Waals surface area contributed by atoms with E-state index < -0.39 is 0 Å². The van der Waals surface area contributed by atoms with Crippen molar-refractivity contribution in [3.63, 3.8) is 0 Å². The van der Waals surface area contributed by atoms with Gasteiger partial charge < -0.3 is 9.47 Å². The molecular formula is C12H16N2O2. The Kier molecular flexibility index (Phi) is 4.05. The Morgan fingerprint density at radius 1 is 1.19 bits per heavy atom. The molecule has 1 aromatic rings. The van der Waals surface area contributed by atoms with E-state index in [1.807, 2.05) is 13.0 Å². The average molecular weight is 220 g/mol. The van der Waals surface area contributed by atoms with E-state index in [1.165, 1.54) is 0 Å². The first-order valence-corrected chi connectivity index (χ1v) is 4.84. The van der Waals surface area contributed by atoms with Gasteiger partial charge in [-0.25, -0.2) is 0 Å². The van der Waals surface area contributed by atoms with Crippen molar-refractivity contribution in [2.45, 2.75) is 6.92 Å². The summed E-state index contributed by atoms with van der Waals surface area (Å²) in [5, 5.41) is 0. The van der Waals surface area contributed by atoms with Gasteiger partial charge in [0.25, 0.3) is 0 Å². The second-order valence-electron chi connectivity index (χ2n) is 3.19. The normalized spacial score (nSPS) is 11.1. The van der Waals surface area contributed by atoms with Gasteiger partial charge in [-0.2, -0.15) is 0 Å². The fraction of sp³-hybridized carbons (Fsp3) is 0.333. The van der Waals surface area contributed by atoms with E-state index in [0.717, 1.165) is 17.0 Å². The molecule has 0 bridgehead atoms. The molecule has 0 unspecified atom stereocenters. The second-order valence-corrected chi connectivity index (χ2v) is 3.19. The maximum atomic E-state index is 5.23. The number of aliphatic imine (C=N–C) groups is 2. The van der Waals surface area contributed by atoms with Crippen LogP contribution in [0.5, 0.6) is 11.5 Å². The van der Waals surface area contributed by atoms with Crippen molar-refractivity contribution >= 4 is 18.1 Å². The molecule has 1 aromatic carbocycles. The zero-order chi connectivity index (χ0) is 12.1. The second kappa shape index (κ2) is 5.30. The van der Waals surface area contributed by atoms with Crippen molar-refractivity contribution in [2.24, 2.45) is 9.98 Å². The van der Waals surface area contributed by atoms with Crippen LogP contribution in [0.1, 0.15) is 12.5 Å². The number of hydrogen-bond donors (Lipinski definition) is 0. The quantitative estimate of drug-likeness (QED) is 0.731. The van der Waals surface area contributed by atoms with Crippen molar-refractivity contribution in [3.8, 4) is 11.5 Å². The van der Waals surface area contributed by atoms with Gasteiger partial charge >= 0.3 is 0 Å². The Labute approximate surface area is 95.6 Å². The molecule has 0 aliphatic carbocycles. The zero-order valence-corrected chi connectivity index (χ0v) is 10.1. The molecule has 0 radical (unpaired) electrons. The Bertz CT molecular complexity index is 425. The van der Waals surface area contributed by atoms with E-state index in [0.29, 0.717) is 11.5 Å². The van der Waals surface area contributed by atoms with Crippen molar-refractivity contribution < 1.29 is 9.47 Å². The molecule has 86 valence electrons. The standard InChI is InChI=1S/C12H16N2O2/c1-8(13-2)9-6-11(15-4)12(16-5)7-10(9)14-3/h6-7H,3H2,1-2,4-5H3. The highest BCUT2D eigenvalue weighted by molar-refractivity contribution is 6.03. The number of methoxy groups -OCH3 is 2. The first-order valence-electron chi connectivity index (χ1n) is 4.84. The van der Waals surface area contributed by atoms with E-state index in [1.54, 1.807) is 27.3 Å². The number of nitrogens with zero attached hydrogens (tertiary/aromatic N) is 2. The lowest BCUT2D eigenvalue weighted by Gasteiger charge is -2.12. The van der Waals surface area contributed by atoms with Gasteiger partial charge in [0.1, 0.15) is 0 Å². The summed E-state index contributed by atoms with van der Waals surface area (Å²) >= 11 is 0. The summed E-state index contributed by atoms with van der Waals surface area (Å²) in [4.78, 5) is 8.09. The Balaban J connectivity index is 3.43. The van der Waals surface area contributed by atoms with E-state index in [4.69, 9.17) is 9.47 Å². The van der Waals surface area contributed by atoms with Gasteiger partial charge in [-0.15, -0.1) is 0 Å². The SMILES string of the molecule is C=Nc1cc(OC)c(OC)cc1C(C)=NC. The van der Waals surface area contributed by atoms with Crippen LogP contribution in [0.3, 0.4) is 0 Å². The van der Waals surface area contributed by atoms with Crippen molar-refractivity contribution in [3.05, 3.63) is 17.7 Å². The molecule has 16 heavy (non-hydrogen) atoms. The summed E-state index contributed by atoms with van der Waals surface area (Å²) in [6.45, 7) is 5.45. The molecule has 1 rings (SSSR count). The number of rotatable bonds is 4. The van der Waals surface area contributed by atoms with E-state index in [2.05, 4.69) is 16.7 Å². The number of benzene rings is 1. The molecule has 0 amide bonds. The molecule has 0 aliphatic heterocycles. The van der Waals surface area contributed by atoms with E-state index in [9.17, 15) is 0 Å². The highest BCUT2D eigenvalue weighted by Crippen LogP contribution is 2.34. The van der Waals surface area contributed by atoms with Crippen LogP contribution in [-0.4, -0.2) is 33.7 Å². The molecule has 0 heterocycles. The van der Waals surface area contributed by atoms with E-state index in [-0.39, 0.29) is 0 Å². The van der Waals surface area contributed by atoms with Crippen molar-refractivity contribution in [2.75, 3.05) is 21.3 Å². The molecule has 0 saturated heterocycles. The van der Waals surface area contributed by atoms with Gasteiger partial charge in [0.05, 0.1) is 19.9 Å². The highest BCUT2D eigenvalue weighted by Gasteiger charge is 2.11. The first kappa shape index (κ1) is 12.2. The molecule has 0 fully saturated rings. The molecule has 4 heteroatoms. The molecule has 0 spiro atoms. The minimum atomic E-state index is 0.637. The van der Waals surface area contributed by atoms with Crippen LogP contribution in [0.15, 0.2) is 22.1 Å². The van der Waals surface area contributed by atoms with Gasteiger partial charge in [-0.1, -0.05) is 0 Å².